The zero-order chi connectivity index (χ0) is 18.8. The smallest absolute Gasteiger partial charge is 0.240 e. The van der Waals surface area contributed by atoms with Gasteiger partial charge in [0, 0.05) is 44.3 Å². The van der Waals surface area contributed by atoms with Gasteiger partial charge in [0.1, 0.15) is 13.2 Å². The predicted molar refractivity (Wildman–Crippen MR) is 100 cm³/mol. The first-order chi connectivity index (χ1) is 12.3. The van der Waals surface area contributed by atoms with Gasteiger partial charge in [0.2, 0.25) is 10.0 Å². The van der Waals surface area contributed by atoms with Gasteiger partial charge in [-0.1, -0.05) is 6.92 Å². The molecule has 3 rings (SSSR count). The number of fused-ring (bicyclic) bond motifs is 1. The molecule has 1 aromatic rings. The second-order valence-electron chi connectivity index (χ2n) is 7.36. The number of nitrogens with zero attached hydrogens (tertiary/aromatic N) is 2. The molecule has 0 atom stereocenters. The van der Waals surface area contributed by atoms with Crippen LogP contribution in [0.15, 0.2) is 23.1 Å². The average molecular weight is 384 g/mol. The lowest BCUT2D eigenvalue weighted by molar-refractivity contribution is 0.0571. The molecule has 2 heterocycles. The highest BCUT2D eigenvalue weighted by Gasteiger charge is 2.31. The first kappa shape index (κ1) is 19.4. The van der Waals surface area contributed by atoms with Crippen LogP contribution in [-0.4, -0.2) is 76.2 Å². The minimum atomic E-state index is -3.60. The number of benzene rings is 1. The molecular weight excluding hydrogens is 354 g/mol. The number of ether oxygens (including phenoxy) is 2. The zero-order valence-corrected chi connectivity index (χ0v) is 16.6. The van der Waals surface area contributed by atoms with E-state index in [1.54, 1.807) is 12.1 Å². The van der Waals surface area contributed by atoms with Crippen molar-refractivity contribution >= 4 is 10.0 Å². The molecule has 0 spiro atoms. The molecule has 26 heavy (non-hydrogen) atoms. The molecule has 1 aromatic carbocycles. The van der Waals surface area contributed by atoms with Crippen molar-refractivity contribution in [3.8, 4) is 11.5 Å². The van der Waals surface area contributed by atoms with Crippen LogP contribution >= 0.6 is 0 Å². The van der Waals surface area contributed by atoms with Crippen LogP contribution in [0.2, 0.25) is 0 Å². The Morgan fingerprint density at radius 3 is 2.38 bits per heavy atom. The van der Waals surface area contributed by atoms with Crippen molar-refractivity contribution in [3.63, 3.8) is 0 Å². The van der Waals surface area contributed by atoms with Gasteiger partial charge in [-0.05, 0) is 32.5 Å². The highest BCUT2D eigenvalue weighted by Crippen LogP contribution is 2.32. The molecule has 1 N–H and O–H groups in total. The Bertz CT molecular complexity index is 728. The maximum atomic E-state index is 12.7. The number of likely N-dealkylation sites (N-methyl/N-ethyl adjacent to an activating group) is 1. The molecule has 0 unspecified atom stereocenters. The van der Waals surface area contributed by atoms with Crippen LogP contribution in [-0.2, 0) is 10.0 Å². The summed E-state index contributed by atoms with van der Waals surface area (Å²) in [6, 6.07) is 4.74. The molecule has 2 aliphatic heterocycles. The maximum absolute atomic E-state index is 12.7. The van der Waals surface area contributed by atoms with Crippen molar-refractivity contribution in [3.05, 3.63) is 18.2 Å². The van der Waals surface area contributed by atoms with Gasteiger partial charge in [-0.3, -0.25) is 4.90 Å². The fourth-order valence-electron chi connectivity index (χ4n) is 3.33. The molecule has 0 saturated carbocycles. The number of hydrogen-bond donors (Lipinski definition) is 1. The first-order valence-electron chi connectivity index (χ1n) is 9.18. The van der Waals surface area contributed by atoms with Gasteiger partial charge in [0.15, 0.2) is 11.5 Å². The second-order valence-corrected chi connectivity index (χ2v) is 9.13. The van der Waals surface area contributed by atoms with Crippen LogP contribution in [0.25, 0.3) is 0 Å². The van der Waals surface area contributed by atoms with Crippen LogP contribution < -0.4 is 14.2 Å². The first-order valence-corrected chi connectivity index (χ1v) is 10.7. The van der Waals surface area contributed by atoms with Crippen LogP contribution in [0.5, 0.6) is 11.5 Å². The predicted octanol–water partition coefficient (Wildman–Crippen LogP) is 1.15. The number of hydrogen-bond acceptors (Lipinski definition) is 6. The maximum Gasteiger partial charge on any atom is 0.240 e. The van der Waals surface area contributed by atoms with E-state index in [-0.39, 0.29) is 10.4 Å². The van der Waals surface area contributed by atoms with E-state index < -0.39 is 10.0 Å². The summed E-state index contributed by atoms with van der Waals surface area (Å²) in [6.45, 7) is 12.6. The molecule has 8 heteroatoms. The molecule has 0 radical (unpaired) electrons. The summed E-state index contributed by atoms with van der Waals surface area (Å²) in [6.07, 6.45) is 0. The van der Waals surface area contributed by atoms with Crippen LogP contribution in [0.1, 0.15) is 20.8 Å². The summed E-state index contributed by atoms with van der Waals surface area (Å²) in [5.74, 6) is 1.07. The third kappa shape index (κ3) is 4.31. The summed E-state index contributed by atoms with van der Waals surface area (Å²) in [7, 11) is -3.60. The number of nitrogens with one attached hydrogen (secondary N) is 1. The normalized spacial score (nSPS) is 19.5. The molecule has 0 bridgehead atoms. The number of sulfonamides is 1. The molecule has 1 saturated heterocycles. The molecule has 0 aliphatic carbocycles. The molecule has 7 nitrogen and oxygen atoms in total. The lowest BCUT2D eigenvalue weighted by atomic mass is 10.0. The molecular formula is C18H29N3O4S. The van der Waals surface area contributed by atoms with Crippen molar-refractivity contribution in [2.75, 3.05) is 52.5 Å². The summed E-state index contributed by atoms with van der Waals surface area (Å²) in [5.41, 5.74) is -0.249. The van der Waals surface area contributed by atoms with Crippen molar-refractivity contribution in [2.45, 2.75) is 31.2 Å². The van der Waals surface area contributed by atoms with Gasteiger partial charge in [-0.15, -0.1) is 0 Å². The standard InChI is InChI=1S/C18H29N3O4S/c1-4-20-7-9-21(10-8-20)18(2,3)14-19-26(22,23)15-5-6-16-17(13-15)25-12-11-24-16/h5-6,13,19H,4,7-12,14H2,1-3H3. The Morgan fingerprint density at radius 2 is 1.73 bits per heavy atom. The fraction of sp³-hybridized carbons (Fsp3) is 0.667. The average Bonchev–Trinajstić information content (AvgIpc) is 2.66. The summed E-state index contributed by atoms with van der Waals surface area (Å²) in [4.78, 5) is 4.96. The number of rotatable bonds is 6. The summed E-state index contributed by atoms with van der Waals surface area (Å²) < 4.78 is 39.1. The van der Waals surface area contributed by atoms with E-state index in [0.717, 1.165) is 32.7 Å². The Labute approximate surface area is 156 Å². The van der Waals surface area contributed by atoms with Crippen molar-refractivity contribution in [1.29, 1.82) is 0 Å². The van der Waals surface area contributed by atoms with E-state index in [1.165, 1.54) is 6.07 Å². The molecule has 0 amide bonds. The molecule has 2 aliphatic rings. The minimum absolute atomic E-state index is 0.202. The van der Waals surface area contributed by atoms with Gasteiger partial charge in [0.25, 0.3) is 0 Å². The van der Waals surface area contributed by atoms with Gasteiger partial charge < -0.3 is 14.4 Å². The van der Waals surface area contributed by atoms with Crippen molar-refractivity contribution in [1.82, 2.24) is 14.5 Å². The lowest BCUT2D eigenvalue weighted by Gasteiger charge is -2.44. The minimum Gasteiger partial charge on any atom is -0.486 e. The van der Waals surface area contributed by atoms with Gasteiger partial charge >= 0.3 is 0 Å². The van der Waals surface area contributed by atoms with E-state index in [9.17, 15) is 8.42 Å². The van der Waals surface area contributed by atoms with E-state index in [2.05, 4.69) is 35.3 Å². The van der Waals surface area contributed by atoms with Gasteiger partial charge in [-0.2, -0.15) is 0 Å². The van der Waals surface area contributed by atoms with Crippen LogP contribution in [0.4, 0.5) is 0 Å². The highest BCUT2D eigenvalue weighted by atomic mass is 32.2. The van der Waals surface area contributed by atoms with Crippen LogP contribution in [0, 0.1) is 0 Å². The van der Waals surface area contributed by atoms with E-state index in [1.807, 2.05) is 0 Å². The third-order valence-electron chi connectivity index (χ3n) is 5.19. The van der Waals surface area contributed by atoms with Crippen molar-refractivity contribution in [2.24, 2.45) is 0 Å². The summed E-state index contributed by atoms with van der Waals surface area (Å²) in [5, 5.41) is 0. The molecule has 1 fully saturated rings. The Hall–Kier alpha value is -1.35. The number of piperazine rings is 1. The molecule has 146 valence electrons. The fourth-order valence-corrected chi connectivity index (χ4v) is 4.55. The van der Waals surface area contributed by atoms with E-state index in [4.69, 9.17) is 9.47 Å². The summed E-state index contributed by atoms with van der Waals surface area (Å²) >= 11 is 0. The Kier molecular flexibility index (Phi) is 5.76. The highest BCUT2D eigenvalue weighted by molar-refractivity contribution is 7.89. The quantitative estimate of drug-likeness (QED) is 0.795. The SMILES string of the molecule is CCN1CCN(C(C)(C)CNS(=O)(=O)c2ccc3c(c2)OCCO3)CC1. The van der Waals surface area contributed by atoms with Gasteiger partial charge in [0.05, 0.1) is 4.90 Å². The van der Waals surface area contributed by atoms with Crippen molar-refractivity contribution < 1.29 is 17.9 Å². The van der Waals surface area contributed by atoms with E-state index >= 15 is 0 Å². The third-order valence-corrected chi connectivity index (χ3v) is 6.59. The monoisotopic (exact) mass is 383 g/mol. The Morgan fingerprint density at radius 1 is 1.08 bits per heavy atom. The largest absolute Gasteiger partial charge is 0.486 e. The van der Waals surface area contributed by atoms with E-state index in [0.29, 0.717) is 31.3 Å². The molecule has 0 aromatic heterocycles. The second kappa shape index (κ2) is 7.72. The van der Waals surface area contributed by atoms with Gasteiger partial charge in [-0.25, -0.2) is 13.1 Å². The topological polar surface area (TPSA) is 71.1 Å². The Balaban J connectivity index is 1.64. The van der Waals surface area contributed by atoms with Crippen LogP contribution in [0.3, 0.4) is 0 Å². The lowest BCUT2D eigenvalue weighted by Crippen LogP contribution is -2.58. The zero-order valence-electron chi connectivity index (χ0n) is 15.8.